The number of urea groups is 1. The van der Waals surface area contributed by atoms with Crippen LogP contribution in [-0.4, -0.2) is 85.8 Å². The molecule has 2 fully saturated rings. The molecule has 0 spiro atoms. The second-order valence-corrected chi connectivity index (χ2v) is 7.89. The number of nitrogens with one attached hydrogen (secondary N) is 1. The number of hydrogen-bond acceptors (Lipinski definition) is 6. The third-order valence-electron chi connectivity index (χ3n) is 5.74. The van der Waals surface area contributed by atoms with Crippen LogP contribution in [0.3, 0.4) is 0 Å². The van der Waals surface area contributed by atoms with E-state index in [1.165, 1.54) is 12.1 Å². The summed E-state index contributed by atoms with van der Waals surface area (Å²) in [5, 5.41) is 13.9. The number of ether oxygens (including phenoxy) is 1. The summed E-state index contributed by atoms with van der Waals surface area (Å²) >= 11 is 0. The molecule has 0 unspecified atom stereocenters. The zero-order valence-electron chi connectivity index (χ0n) is 17.2. The van der Waals surface area contributed by atoms with Crippen molar-refractivity contribution in [3.63, 3.8) is 0 Å². The second kappa shape index (κ2) is 9.89. The topological polar surface area (TPSA) is 91.2 Å². The van der Waals surface area contributed by atoms with Gasteiger partial charge in [-0.1, -0.05) is 13.8 Å². The number of hydrogen-bond donors (Lipinski definition) is 1. The Bertz CT molecular complexity index is 683. The van der Waals surface area contributed by atoms with Gasteiger partial charge in [0.2, 0.25) is 0 Å². The first-order valence-electron chi connectivity index (χ1n) is 10.3. The van der Waals surface area contributed by atoms with Crippen molar-refractivity contribution in [1.29, 1.82) is 0 Å². The number of anilines is 1. The molecule has 2 amide bonds. The molecule has 0 bridgehead atoms. The molecule has 2 heterocycles. The summed E-state index contributed by atoms with van der Waals surface area (Å²) < 4.78 is 5.44. The fraction of sp³-hybridized carbons (Fsp3) is 0.650. The van der Waals surface area contributed by atoms with E-state index in [1.807, 2.05) is 4.90 Å². The molecule has 0 saturated carbocycles. The Balaban J connectivity index is 1.47. The van der Waals surface area contributed by atoms with Gasteiger partial charge in [0.1, 0.15) is 0 Å². The van der Waals surface area contributed by atoms with Crippen LogP contribution in [0.1, 0.15) is 13.8 Å². The first-order valence-corrected chi connectivity index (χ1v) is 10.3. The van der Waals surface area contributed by atoms with E-state index in [0.29, 0.717) is 44.7 Å². The number of nitrogens with zero attached hydrogens (tertiary/aromatic N) is 4. The highest BCUT2D eigenvalue weighted by Crippen LogP contribution is 2.20. The third-order valence-corrected chi connectivity index (χ3v) is 5.74. The van der Waals surface area contributed by atoms with Crippen molar-refractivity contribution in [2.45, 2.75) is 19.9 Å². The van der Waals surface area contributed by atoms with E-state index in [4.69, 9.17) is 4.74 Å². The lowest BCUT2D eigenvalue weighted by atomic mass is 10.0. The maximum atomic E-state index is 12.6. The summed E-state index contributed by atoms with van der Waals surface area (Å²) in [4.78, 5) is 29.4. The van der Waals surface area contributed by atoms with Crippen molar-refractivity contribution in [3.05, 3.63) is 34.4 Å². The third kappa shape index (κ3) is 5.57. The number of piperazine rings is 1. The number of nitro benzene ring substituents is 1. The van der Waals surface area contributed by atoms with E-state index in [2.05, 4.69) is 29.0 Å². The molecule has 0 aromatic heterocycles. The Morgan fingerprint density at radius 1 is 1.10 bits per heavy atom. The summed E-state index contributed by atoms with van der Waals surface area (Å²) in [7, 11) is 0. The molecule has 0 radical (unpaired) electrons. The Kier molecular flexibility index (Phi) is 7.27. The largest absolute Gasteiger partial charge is 0.379 e. The summed E-state index contributed by atoms with van der Waals surface area (Å²) in [5.41, 5.74) is 1.04. The monoisotopic (exact) mass is 405 g/mol. The number of carbonyl (C=O) groups is 1. The average Bonchev–Trinajstić information content (AvgIpc) is 2.74. The van der Waals surface area contributed by atoms with Crippen molar-refractivity contribution in [2.24, 2.45) is 5.92 Å². The summed E-state index contributed by atoms with van der Waals surface area (Å²) in [6.45, 7) is 11.0. The predicted octanol–water partition coefficient (Wildman–Crippen LogP) is 1.78. The lowest BCUT2D eigenvalue weighted by Crippen LogP contribution is -2.55. The van der Waals surface area contributed by atoms with Gasteiger partial charge in [0.05, 0.1) is 18.1 Å². The molecule has 1 atom stereocenters. The molecule has 9 nitrogen and oxygen atoms in total. The van der Waals surface area contributed by atoms with E-state index in [1.54, 1.807) is 12.1 Å². The number of rotatable bonds is 6. The van der Waals surface area contributed by atoms with Crippen molar-refractivity contribution in [3.8, 4) is 0 Å². The normalized spacial score (nSPS) is 19.3. The Morgan fingerprint density at radius 3 is 2.28 bits per heavy atom. The molecule has 3 rings (SSSR count). The molecular formula is C20H31N5O4. The van der Waals surface area contributed by atoms with Gasteiger partial charge in [0.25, 0.3) is 5.69 Å². The van der Waals surface area contributed by atoms with Crippen LogP contribution in [0.5, 0.6) is 0 Å². The van der Waals surface area contributed by atoms with Crippen LogP contribution in [0.4, 0.5) is 16.2 Å². The van der Waals surface area contributed by atoms with E-state index < -0.39 is 4.92 Å². The number of amides is 2. The molecule has 160 valence electrons. The van der Waals surface area contributed by atoms with E-state index in [9.17, 15) is 14.9 Å². The Labute approximate surface area is 171 Å². The minimum atomic E-state index is -0.395. The van der Waals surface area contributed by atoms with Gasteiger partial charge in [-0.25, -0.2) is 4.79 Å². The van der Waals surface area contributed by atoms with Gasteiger partial charge in [-0.2, -0.15) is 0 Å². The molecular weight excluding hydrogens is 374 g/mol. The minimum Gasteiger partial charge on any atom is -0.379 e. The van der Waals surface area contributed by atoms with Gasteiger partial charge < -0.3 is 19.9 Å². The van der Waals surface area contributed by atoms with E-state index in [0.717, 1.165) is 32.0 Å². The molecule has 1 aromatic rings. The molecule has 2 aliphatic rings. The van der Waals surface area contributed by atoms with Crippen LogP contribution in [0.2, 0.25) is 0 Å². The first-order chi connectivity index (χ1) is 14.0. The van der Waals surface area contributed by atoms with Gasteiger partial charge in [0.15, 0.2) is 0 Å². The van der Waals surface area contributed by atoms with Gasteiger partial charge in [-0.3, -0.25) is 15.0 Å². The minimum absolute atomic E-state index is 0.0211. The van der Waals surface area contributed by atoms with Crippen LogP contribution in [-0.2, 0) is 4.74 Å². The van der Waals surface area contributed by atoms with Crippen LogP contribution < -0.4 is 10.2 Å². The van der Waals surface area contributed by atoms with Gasteiger partial charge in [0, 0.05) is 69.7 Å². The van der Waals surface area contributed by atoms with Crippen molar-refractivity contribution < 1.29 is 14.5 Å². The fourth-order valence-corrected chi connectivity index (χ4v) is 3.95. The summed E-state index contributed by atoms with van der Waals surface area (Å²) in [5.74, 6) is 0.451. The standard InChI is InChI=1S/C20H31N5O4/c1-16(2)19(23-11-13-29-14-12-23)15-21-20(26)24-9-7-22(8-10-24)17-3-5-18(6-4-17)25(27)28/h3-6,16,19H,7-15H2,1-2H3,(H,21,26)/t19-/m0/s1. The molecule has 2 aliphatic heterocycles. The fourth-order valence-electron chi connectivity index (χ4n) is 3.95. The number of benzene rings is 1. The summed E-state index contributed by atoms with van der Waals surface area (Å²) in [6, 6.07) is 6.86. The van der Waals surface area contributed by atoms with Crippen molar-refractivity contribution in [1.82, 2.24) is 15.1 Å². The Morgan fingerprint density at radius 2 is 1.72 bits per heavy atom. The lowest BCUT2D eigenvalue weighted by molar-refractivity contribution is -0.384. The van der Waals surface area contributed by atoms with Crippen molar-refractivity contribution in [2.75, 3.05) is 63.9 Å². The Hall–Kier alpha value is -2.39. The lowest BCUT2D eigenvalue weighted by Gasteiger charge is -2.38. The number of morpholine rings is 1. The maximum absolute atomic E-state index is 12.6. The highest BCUT2D eigenvalue weighted by molar-refractivity contribution is 5.74. The summed E-state index contributed by atoms with van der Waals surface area (Å²) in [6.07, 6.45) is 0. The maximum Gasteiger partial charge on any atom is 0.317 e. The van der Waals surface area contributed by atoms with E-state index >= 15 is 0 Å². The first kappa shape index (κ1) is 21.3. The van der Waals surface area contributed by atoms with Gasteiger partial charge in [-0.15, -0.1) is 0 Å². The zero-order chi connectivity index (χ0) is 20.8. The zero-order valence-corrected chi connectivity index (χ0v) is 17.2. The molecule has 29 heavy (non-hydrogen) atoms. The van der Waals surface area contributed by atoms with Crippen LogP contribution in [0.15, 0.2) is 24.3 Å². The molecule has 0 aliphatic carbocycles. The average molecular weight is 405 g/mol. The highest BCUT2D eigenvalue weighted by atomic mass is 16.6. The number of carbonyl (C=O) groups excluding carboxylic acids is 1. The molecule has 1 aromatic carbocycles. The highest BCUT2D eigenvalue weighted by Gasteiger charge is 2.26. The van der Waals surface area contributed by atoms with Crippen molar-refractivity contribution >= 4 is 17.4 Å². The van der Waals surface area contributed by atoms with Gasteiger partial charge in [-0.05, 0) is 18.1 Å². The van der Waals surface area contributed by atoms with Crippen LogP contribution >= 0.6 is 0 Å². The second-order valence-electron chi connectivity index (χ2n) is 7.89. The van der Waals surface area contributed by atoms with Gasteiger partial charge >= 0.3 is 6.03 Å². The van der Waals surface area contributed by atoms with E-state index in [-0.39, 0.29) is 11.7 Å². The smallest absolute Gasteiger partial charge is 0.317 e. The number of non-ortho nitro benzene ring substituents is 1. The van der Waals surface area contributed by atoms with Crippen LogP contribution in [0.25, 0.3) is 0 Å². The van der Waals surface area contributed by atoms with Crippen LogP contribution in [0, 0.1) is 16.0 Å². The molecule has 1 N–H and O–H groups in total. The molecule has 2 saturated heterocycles. The molecule has 9 heteroatoms. The predicted molar refractivity (Wildman–Crippen MR) is 111 cm³/mol. The quantitative estimate of drug-likeness (QED) is 0.573. The SMILES string of the molecule is CC(C)[C@H](CNC(=O)N1CCN(c2ccc([N+](=O)[O-])cc2)CC1)N1CCOCC1. The number of nitro groups is 1.